The number of nitrogens with zero attached hydrogens (tertiary/aromatic N) is 3. The molecule has 0 N–H and O–H groups in total. The van der Waals surface area contributed by atoms with Crippen molar-refractivity contribution < 1.29 is 4.74 Å². The molecule has 0 saturated heterocycles. The van der Waals surface area contributed by atoms with Crippen LogP contribution in [0.5, 0.6) is 5.75 Å². The number of benzene rings is 2. The third-order valence-electron chi connectivity index (χ3n) is 5.14. The van der Waals surface area contributed by atoms with Gasteiger partial charge in [-0.15, -0.1) is 5.10 Å². The molecule has 1 aromatic heterocycles. The minimum absolute atomic E-state index is 0.628. The molecule has 0 saturated carbocycles. The van der Waals surface area contributed by atoms with Crippen molar-refractivity contribution in [2.45, 2.75) is 52.0 Å². The summed E-state index contributed by atoms with van der Waals surface area (Å²) < 4.78 is 8.48. The van der Waals surface area contributed by atoms with Gasteiger partial charge in [0.1, 0.15) is 5.75 Å². The van der Waals surface area contributed by atoms with Crippen LogP contribution in [0.1, 0.15) is 62.3 Å². The van der Waals surface area contributed by atoms with E-state index in [1.807, 2.05) is 48.7 Å². The summed E-state index contributed by atoms with van der Waals surface area (Å²) in [6.07, 6.45) is 9.42. The molecule has 1 heterocycles. The molecule has 0 fully saturated rings. The van der Waals surface area contributed by atoms with E-state index >= 15 is 0 Å². The van der Waals surface area contributed by atoms with Crippen LogP contribution in [0.3, 0.4) is 0 Å². The maximum atomic E-state index is 5.89. The van der Waals surface area contributed by atoms with Crippen LogP contribution in [0.25, 0.3) is 5.57 Å². The highest BCUT2D eigenvalue weighted by atomic mass is 79.9. The monoisotopic (exact) mass is 569 g/mol. The number of halogens is 2. The summed E-state index contributed by atoms with van der Waals surface area (Å²) in [5, 5.41) is 8.37. The Kier molecular flexibility index (Phi) is 10.7. The molecular weight excluding hydrogens is 542 g/mol. The van der Waals surface area contributed by atoms with E-state index in [0.29, 0.717) is 12.2 Å². The van der Waals surface area contributed by atoms with Gasteiger partial charge >= 0.3 is 0 Å². The van der Waals surface area contributed by atoms with Crippen molar-refractivity contribution in [2.75, 3.05) is 6.61 Å². The quantitative estimate of drug-likeness (QED) is 0.176. The second-order valence-electron chi connectivity index (χ2n) is 7.81. The van der Waals surface area contributed by atoms with Crippen LogP contribution >= 0.6 is 31.9 Å². The Morgan fingerprint density at radius 2 is 1.67 bits per heavy atom. The Balaban J connectivity index is 1.56. The van der Waals surface area contributed by atoms with Gasteiger partial charge < -0.3 is 4.74 Å². The molecule has 0 radical (unpaired) electrons. The topological polar surface area (TPSA) is 39.9 Å². The average molecular weight is 571 g/mol. The van der Waals surface area contributed by atoms with E-state index in [4.69, 9.17) is 4.74 Å². The van der Waals surface area contributed by atoms with Gasteiger partial charge in [0.2, 0.25) is 0 Å². The first kappa shape index (κ1) is 25.3. The van der Waals surface area contributed by atoms with Gasteiger partial charge in [0.05, 0.1) is 28.3 Å². The minimum atomic E-state index is 0.628. The zero-order valence-electron chi connectivity index (χ0n) is 18.9. The normalized spacial score (nSPS) is 10.4. The number of unbranched alkanes of at least 4 members (excludes halogenated alkanes) is 5. The Hall–Kier alpha value is -2.36. The number of rotatable bonds is 11. The molecule has 0 aliphatic carbocycles. The molecule has 0 bridgehead atoms. The number of hydrogen-bond acceptors (Lipinski definition) is 3. The number of allylic oxidation sites excluding steroid dienone is 1. The lowest BCUT2D eigenvalue weighted by molar-refractivity contribution is 0.304. The first-order valence-corrected chi connectivity index (χ1v) is 13.0. The van der Waals surface area contributed by atoms with Crippen molar-refractivity contribution in [3.63, 3.8) is 0 Å². The molecule has 172 valence electrons. The summed E-state index contributed by atoms with van der Waals surface area (Å²) in [7, 11) is 0. The molecule has 3 aromatic rings. The van der Waals surface area contributed by atoms with E-state index in [2.05, 4.69) is 73.1 Å². The van der Waals surface area contributed by atoms with Crippen LogP contribution in [-0.4, -0.2) is 21.6 Å². The molecule has 6 heteroatoms. The predicted molar refractivity (Wildman–Crippen MR) is 143 cm³/mol. The molecule has 0 aliphatic rings. The lowest BCUT2D eigenvalue weighted by Crippen LogP contribution is -1.99. The van der Waals surface area contributed by atoms with Crippen molar-refractivity contribution in [3.8, 4) is 17.6 Å². The summed E-state index contributed by atoms with van der Waals surface area (Å²) in [6, 6.07) is 18.2. The van der Waals surface area contributed by atoms with Crippen molar-refractivity contribution in [1.29, 1.82) is 0 Å². The Morgan fingerprint density at radius 1 is 0.939 bits per heavy atom. The highest BCUT2D eigenvalue weighted by molar-refractivity contribution is 9.28. The first-order chi connectivity index (χ1) is 16.2. The summed E-state index contributed by atoms with van der Waals surface area (Å²) in [5.41, 5.74) is 3.64. The number of ether oxygens (including phenoxy) is 1. The van der Waals surface area contributed by atoms with E-state index in [0.717, 1.165) is 33.3 Å². The van der Waals surface area contributed by atoms with E-state index in [9.17, 15) is 0 Å². The molecule has 2 aromatic carbocycles. The molecule has 0 atom stereocenters. The fourth-order valence-electron chi connectivity index (χ4n) is 3.35. The van der Waals surface area contributed by atoms with E-state index in [1.165, 1.54) is 37.7 Å². The van der Waals surface area contributed by atoms with E-state index < -0.39 is 0 Å². The second-order valence-corrected chi connectivity index (χ2v) is 10.5. The molecule has 3 rings (SSSR count). The molecule has 0 spiro atoms. The maximum Gasteiger partial charge on any atom is 0.155 e. The number of hydrogen-bond donors (Lipinski definition) is 0. The average Bonchev–Trinajstić information content (AvgIpc) is 3.27. The molecule has 33 heavy (non-hydrogen) atoms. The molecular formula is C27H29Br2N3O. The van der Waals surface area contributed by atoms with Crippen LogP contribution < -0.4 is 4.74 Å². The first-order valence-electron chi connectivity index (χ1n) is 11.4. The van der Waals surface area contributed by atoms with Gasteiger partial charge in [-0.3, -0.25) is 0 Å². The van der Waals surface area contributed by atoms with Crippen LogP contribution in [0, 0.1) is 11.8 Å². The Bertz CT molecular complexity index is 1080. The van der Waals surface area contributed by atoms with E-state index in [-0.39, 0.29) is 0 Å². The minimum Gasteiger partial charge on any atom is -0.494 e. The highest BCUT2D eigenvalue weighted by Gasteiger charge is 2.05. The lowest BCUT2D eigenvalue weighted by atomic mass is 10.1. The summed E-state index contributed by atoms with van der Waals surface area (Å²) in [5.74, 6) is 7.20. The van der Waals surface area contributed by atoms with Gasteiger partial charge in [-0.05, 0) is 79.6 Å². The SMILES string of the molecule is CCCCCCCCOc1ccc(C(C#Cc2cn(Cc3ccccc3)nn2)=C(Br)Br)cc1. The van der Waals surface area contributed by atoms with Gasteiger partial charge in [0.25, 0.3) is 0 Å². The third-order valence-corrected chi connectivity index (χ3v) is 5.93. The van der Waals surface area contributed by atoms with Crippen molar-refractivity contribution in [2.24, 2.45) is 0 Å². The molecule has 4 nitrogen and oxygen atoms in total. The summed E-state index contributed by atoms with van der Waals surface area (Å²) in [4.78, 5) is 0. The van der Waals surface area contributed by atoms with Crippen LogP contribution in [0.2, 0.25) is 0 Å². The summed E-state index contributed by atoms with van der Waals surface area (Å²) in [6.45, 7) is 3.67. The number of aromatic nitrogens is 3. The fourth-order valence-corrected chi connectivity index (χ4v) is 4.00. The zero-order valence-corrected chi connectivity index (χ0v) is 22.1. The van der Waals surface area contributed by atoms with Crippen LogP contribution in [0.4, 0.5) is 0 Å². The standard InChI is InChI=1S/C27H29Br2N3O/c1-2-3-4-5-6-10-19-33-25-16-13-23(14-17-25)26(27(28)29)18-15-24-21-32(31-30-24)20-22-11-8-7-9-12-22/h7-9,11-14,16-17,21H,2-6,10,19-20H2,1H3. The van der Waals surface area contributed by atoms with E-state index in [1.54, 1.807) is 4.68 Å². The fraction of sp³-hybridized carbons (Fsp3) is 0.333. The van der Waals surface area contributed by atoms with Gasteiger partial charge in [0.15, 0.2) is 5.69 Å². The molecule has 0 amide bonds. The smallest absolute Gasteiger partial charge is 0.155 e. The zero-order chi connectivity index (χ0) is 23.3. The maximum absolute atomic E-state index is 5.89. The Morgan fingerprint density at radius 3 is 2.39 bits per heavy atom. The van der Waals surface area contributed by atoms with Gasteiger partial charge in [-0.25, -0.2) is 4.68 Å². The highest BCUT2D eigenvalue weighted by Crippen LogP contribution is 2.28. The van der Waals surface area contributed by atoms with Crippen molar-refractivity contribution in [3.05, 3.63) is 81.0 Å². The second kappa shape index (κ2) is 14.0. The van der Waals surface area contributed by atoms with Crippen LogP contribution in [-0.2, 0) is 6.54 Å². The largest absolute Gasteiger partial charge is 0.494 e. The van der Waals surface area contributed by atoms with Crippen molar-refractivity contribution in [1.82, 2.24) is 15.0 Å². The molecule has 0 aliphatic heterocycles. The van der Waals surface area contributed by atoms with Crippen LogP contribution in [0.15, 0.2) is 64.2 Å². The predicted octanol–water partition coefficient (Wildman–Crippen LogP) is 7.58. The van der Waals surface area contributed by atoms with Gasteiger partial charge in [-0.2, -0.15) is 0 Å². The summed E-state index contributed by atoms with van der Waals surface area (Å²) >= 11 is 7.03. The van der Waals surface area contributed by atoms with Crippen molar-refractivity contribution >= 4 is 37.4 Å². The molecule has 0 unspecified atom stereocenters. The Labute approximate surface area is 213 Å². The third kappa shape index (κ3) is 8.83. The van der Waals surface area contributed by atoms with Gasteiger partial charge in [0, 0.05) is 0 Å². The lowest BCUT2D eigenvalue weighted by Gasteiger charge is -2.07. The van der Waals surface area contributed by atoms with Gasteiger partial charge in [-0.1, -0.05) is 80.5 Å².